The Labute approximate surface area is 172 Å². The van der Waals surface area contributed by atoms with Crippen molar-refractivity contribution in [1.29, 1.82) is 0 Å². The molecule has 0 saturated carbocycles. The monoisotopic (exact) mass is 492 g/mol. The molecule has 0 radical (unpaired) electrons. The van der Waals surface area contributed by atoms with Crippen molar-refractivity contribution in [3.63, 3.8) is 0 Å². The molecule has 132 valence electrons. The van der Waals surface area contributed by atoms with Gasteiger partial charge in [-0.3, -0.25) is 4.79 Å². The lowest BCUT2D eigenvalue weighted by atomic mass is 10.2. The minimum absolute atomic E-state index is 0.289. The summed E-state index contributed by atoms with van der Waals surface area (Å²) in [6, 6.07) is 17.1. The van der Waals surface area contributed by atoms with E-state index in [1.54, 1.807) is 18.2 Å². The molecule has 4 nitrogen and oxygen atoms in total. The minimum atomic E-state index is -0.289. The third kappa shape index (κ3) is 5.09. The maximum atomic E-state index is 12.0. The molecule has 26 heavy (non-hydrogen) atoms. The van der Waals surface area contributed by atoms with E-state index in [-0.39, 0.29) is 5.91 Å². The van der Waals surface area contributed by atoms with Crippen molar-refractivity contribution in [3.8, 4) is 0 Å². The van der Waals surface area contributed by atoms with E-state index in [2.05, 4.69) is 54.5 Å². The van der Waals surface area contributed by atoms with Gasteiger partial charge in [-0.25, -0.2) is 5.43 Å². The lowest BCUT2D eigenvalue weighted by molar-refractivity contribution is 0.0955. The normalized spacial score (nSPS) is 11.0. The molecule has 0 aliphatic rings. The van der Waals surface area contributed by atoms with Crippen LogP contribution in [0.15, 0.2) is 83.0 Å². The molecule has 0 bridgehead atoms. The van der Waals surface area contributed by atoms with E-state index < -0.39 is 0 Å². The zero-order valence-corrected chi connectivity index (χ0v) is 17.7. The van der Waals surface area contributed by atoms with Crippen molar-refractivity contribution in [2.75, 3.05) is 0 Å². The van der Waals surface area contributed by atoms with Gasteiger partial charge in [-0.05, 0) is 53.2 Å². The van der Waals surface area contributed by atoms with E-state index in [1.165, 1.54) is 23.5 Å². The number of carbonyl (C=O) groups is 1. The molecule has 7 heteroatoms. The number of nitrogens with one attached hydrogen (secondary N) is 1. The van der Waals surface area contributed by atoms with Gasteiger partial charge in [-0.1, -0.05) is 51.5 Å². The Morgan fingerprint density at radius 1 is 1.15 bits per heavy atom. The Bertz CT molecular complexity index is 952. The van der Waals surface area contributed by atoms with E-state index in [9.17, 15) is 4.79 Å². The fourth-order valence-corrected chi connectivity index (χ4v) is 3.79. The smallest absolute Gasteiger partial charge is 0.271 e. The molecule has 0 fully saturated rings. The minimum Gasteiger partial charge on any atom is -0.447 e. The Kier molecular flexibility index (Phi) is 6.34. The maximum Gasteiger partial charge on any atom is 0.271 e. The zero-order chi connectivity index (χ0) is 18.5. The largest absolute Gasteiger partial charge is 0.447 e. The van der Waals surface area contributed by atoms with Crippen molar-refractivity contribution in [2.24, 2.45) is 5.10 Å². The van der Waals surface area contributed by atoms with Crippen LogP contribution in [0.2, 0.25) is 0 Å². The molecule has 3 rings (SSSR count). The molecule has 0 saturated heterocycles. The molecule has 1 N–H and O–H groups in total. The van der Waals surface area contributed by atoms with Crippen molar-refractivity contribution in [2.45, 2.75) is 16.9 Å². The summed E-state index contributed by atoms with van der Waals surface area (Å²) in [7, 11) is 0. The summed E-state index contributed by atoms with van der Waals surface area (Å²) in [6.45, 7) is 2.05. The molecule has 3 aromatic rings. The molecule has 0 atom stereocenters. The summed E-state index contributed by atoms with van der Waals surface area (Å²) >= 11 is 8.34. The zero-order valence-electron chi connectivity index (χ0n) is 13.7. The van der Waals surface area contributed by atoms with Crippen LogP contribution in [0, 0.1) is 6.92 Å². The lowest BCUT2D eigenvalue weighted by Crippen LogP contribution is -2.17. The first-order valence-electron chi connectivity index (χ1n) is 7.64. The average Bonchev–Trinajstić information content (AvgIpc) is 2.96. The fourth-order valence-electron chi connectivity index (χ4n) is 2.06. The highest BCUT2D eigenvalue weighted by Gasteiger charge is 2.10. The van der Waals surface area contributed by atoms with Crippen LogP contribution in [0.25, 0.3) is 0 Å². The van der Waals surface area contributed by atoms with Crippen LogP contribution in [-0.2, 0) is 0 Å². The number of carbonyl (C=O) groups excluding carboxylic acids is 1. The van der Waals surface area contributed by atoms with Gasteiger partial charge >= 0.3 is 0 Å². The number of hydrogen-bond acceptors (Lipinski definition) is 4. The van der Waals surface area contributed by atoms with Crippen LogP contribution in [-0.4, -0.2) is 12.1 Å². The van der Waals surface area contributed by atoms with Gasteiger partial charge < -0.3 is 4.42 Å². The summed E-state index contributed by atoms with van der Waals surface area (Å²) in [5.41, 5.74) is 4.22. The first kappa shape index (κ1) is 18.9. The van der Waals surface area contributed by atoms with Gasteiger partial charge in [0.2, 0.25) is 0 Å². The van der Waals surface area contributed by atoms with Crippen molar-refractivity contribution >= 4 is 55.7 Å². The molecule has 0 aliphatic heterocycles. The fraction of sp³-hybridized carbons (Fsp3) is 0.0526. The Morgan fingerprint density at radius 3 is 2.65 bits per heavy atom. The van der Waals surface area contributed by atoms with Crippen LogP contribution < -0.4 is 5.43 Å². The highest BCUT2D eigenvalue weighted by Crippen LogP contribution is 2.35. The number of nitrogens with zero attached hydrogens (tertiary/aromatic N) is 1. The molecule has 1 aromatic heterocycles. The first-order valence-corrected chi connectivity index (χ1v) is 10.0. The number of hydrogen-bond donors (Lipinski definition) is 1. The van der Waals surface area contributed by atoms with Crippen molar-refractivity contribution in [3.05, 3.63) is 80.4 Å². The summed E-state index contributed by atoms with van der Waals surface area (Å²) in [6.07, 6.45) is 1.47. The van der Waals surface area contributed by atoms with Gasteiger partial charge in [0.1, 0.15) is 5.76 Å². The van der Waals surface area contributed by atoms with Gasteiger partial charge in [-0.15, -0.1) is 0 Å². The number of furan rings is 1. The van der Waals surface area contributed by atoms with Crippen molar-refractivity contribution in [1.82, 2.24) is 5.43 Å². The Balaban J connectivity index is 1.64. The standard InChI is InChI=1S/C19H14Br2N2O2S/c1-12-5-7-16(8-6-12)26-19-17(21)10-15(25-19)11-22-23-18(24)13-3-2-4-14(20)9-13/h2-11H,1H3,(H,23,24)/b22-11-. The molecule has 2 aromatic carbocycles. The van der Waals surface area contributed by atoms with Crippen molar-refractivity contribution < 1.29 is 9.21 Å². The molecule has 0 spiro atoms. The van der Waals surface area contributed by atoms with Crippen LogP contribution >= 0.6 is 43.6 Å². The molecule has 1 heterocycles. The van der Waals surface area contributed by atoms with Gasteiger partial charge in [-0.2, -0.15) is 5.10 Å². The highest BCUT2D eigenvalue weighted by molar-refractivity contribution is 9.10. The number of halogens is 2. The predicted molar refractivity (Wildman–Crippen MR) is 111 cm³/mol. The number of aryl methyl sites for hydroxylation is 1. The van der Waals surface area contributed by atoms with E-state index in [0.717, 1.165) is 18.9 Å². The molecular weight excluding hydrogens is 480 g/mol. The first-order chi connectivity index (χ1) is 12.5. The Hall–Kier alpha value is -1.83. The van der Waals surface area contributed by atoms with E-state index in [4.69, 9.17) is 4.42 Å². The second kappa shape index (κ2) is 8.70. The predicted octanol–water partition coefficient (Wildman–Crippen LogP) is 6.03. The third-order valence-corrected chi connectivity index (χ3v) is 5.69. The maximum absolute atomic E-state index is 12.0. The van der Waals surface area contributed by atoms with E-state index >= 15 is 0 Å². The molecule has 0 aliphatic carbocycles. The summed E-state index contributed by atoms with van der Waals surface area (Å²) in [5.74, 6) is 0.253. The van der Waals surface area contributed by atoms with Crippen LogP contribution in [0.4, 0.5) is 0 Å². The van der Waals surface area contributed by atoms with E-state index in [0.29, 0.717) is 11.3 Å². The molecular formula is C19H14Br2N2O2S. The van der Waals surface area contributed by atoms with Crippen LogP contribution in [0.5, 0.6) is 0 Å². The summed E-state index contributed by atoms with van der Waals surface area (Å²) < 4.78 is 7.43. The second-order valence-corrected chi connectivity index (χ2v) is 8.23. The topological polar surface area (TPSA) is 54.6 Å². The number of rotatable bonds is 5. The quantitative estimate of drug-likeness (QED) is 0.348. The molecule has 1 amide bonds. The van der Waals surface area contributed by atoms with Gasteiger partial charge in [0.15, 0.2) is 5.09 Å². The Morgan fingerprint density at radius 2 is 1.92 bits per heavy atom. The number of amides is 1. The molecule has 0 unspecified atom stereocenters. The highest BCUT2D eigenvalue weighted by atomic mass is 79.9. The lowest BCUT2D eigenvalue weighted by Gasteiger charge is -2.00. The average molecular weight is 494 g/mol. The van der Waals surface area contributed by atoms with Gasteiger partial charge in [0, 0.05) is 21.0 Å². The number of hydrazone groups is 1. The summed E-state index contributed by atoms with van der Waals surface area (Å²) in [4.78, 5) is 13.1. The van der Waals surface area contributed by atoms with Gasteiger partial charge in [0.05, 0.1) is 10.7 Å². The SMILES string of the molecule is Cc1ccc(Sc2oc(/C=N\NC(=O)c3cccc(Br)c3)cc2Br)cc1. The third-order valence-electron chi connectivity index (χ3n) is 3.35. The van der Waals surface area contributed by atoms with Crippen LogP contribution in [0.3, 0.4) is 0 Å². The van der Waals surface area contributed by atoms with Gasteiger partial charge in [0.25, 0.3) is 5.91 Å². The van der Waals surface area contributed by atoms with Crippen LogP contribution in [0.1, 0.15) is 21.7 Å². The summed E-state index contributed by atoms with van der Waals surface area (Å²) in [5, 5.41) is 4.69. The van der Waals surface area contributed by atoms with E-state index in [1.807, 2.05) is 31.2 Å². The second-order valence-electron chi connectivity index (χ2n) is 5.41. The number of benzene rings is 2.